The van der Waals surface area contributed by atoms with Crippen molar-refractivity contribution in [3.8, 4) is 0 Å². The molecular weight excluding hydrogens is 598 g/mol. The van der Waals surface area contributed by atoms with Gasteiger partial charge in [0.1, 0.15) is 72.6 Å². The highest BCUT2D eigenvalue weighted by Gasteiger charge is 2.58. The summed E-state index contributed by atoms with van der Waals surface area (Å²) in [5, 5.41) is 100. The molecule has 3 aliphatic heterocycles. The van der Waals surface area contributed by atoms with Crippen LogP contribution in [0.4, 0.5) is 0 Å². The molecule has 44 heavy (non-hydrogen) atoms. The van der Waals surface area contributed by atoms with Crippen LogP contribution in [0.3, 0.4) is 0 Å². The monoisotopic (exact) mass is 643 g/mol. The minimum atomic E-state index is -2.16. The zero-order valence-corrected chi connectivity index (χ0v) is 24.3. The first kappa shape index (κ1) is 36.8. The van der Waals surface area contributed by atoms with Gasteiger partial charge in [0.05, 0.1) is 19.8 Å². The van der Waals surface area contributed by atoms with Gasteiger partial charge in [-0.25, -0.2) is 0 Å². The van der Waals surface area contributed by atoms with Gasteiger partial charge in [-0.15, -0.1) is 0 Å². The number of carbonyl (C=O) groups is 2. The van der Waals surface area contributed by atoms with Crippen LogP contribution in [-0.2, 0) is 33.3 Å². The summed E-state index contributed by atoms with van der Waals surface area (Å²) in [5.74, 6) is -1.31. The number of rotatable bonds is 12. The van der Waals surface area contributed by atoms with Crippen molar-refractivity contribution in [3.05, 3.63) is 0 Å². The molecule has 0 saturated carbocycles. The lowest BCUT2D eigenvalue weighted by atomic mass is 9.78. The van der Waals surface area contributed by atoms with Crippen LogP contribution in [-0.4, -0.2) is 176 Å². The summed E-state index contributed by atoms with van der Waals surface area (Å²) in [4.78, 5) is 23.7. The van der Waals surface area contributed by atoms with E-state index in [9.17, 15) is 55.5 Å². The summed E-state index contributed by atoms with van der Waals surface area (Å²) < 4.78 is 28.0. The van der Waals surface area contributed by atoms with Gasteiger partial charge in [0.15, 0.2) is 18.9 Å². The average molecular weight is 644 g/mol. The Morgan fingerprint density at radius 3 is 1.89 bits per heavy atom. The molecule has 3 fully saturated rings. The fourth-order valence-electron chi connectivity index (χ4n) is 5.70. The number of ether oxygens (including phenoxy) is 5. The number of nitrogens with two attached hydrogens (primary N) is 1. The molecule has 13 N–H and O–H groups in total. The molecule has 1 unspecified atom stereocenters. The molecule has 19 heteroatoms. The molecule has 19 nitrogen and oxygen atoms in total. The van der Waals surface area contributed by atoms with E-state index in [-0.39, 0.29) is 19.4 Å². The van der Waals surface area contributed by atoms with Gasteiger partial charge >= 0.3 is 0 Å². The van der Waals surface area contributed by atoms with Crippen molar-refractivity contribution >= 4 is 11.8 Å². The predicted octanol–water partition coefficient (Wildman–Crippen LogP) is -7.18. The Hall–Kier alpha value is -1.66. The van der Waals surface area contributed by atoms with Gasteiger partial charge in [-0.1, -0.05) is 0 Å². The van der Waals surface area contributed by atoms with Gasteiger partial charge in [-0.2, -0.15) is 0 Å². The standard InChI is InChI=1S/C25H45N3O16/c1-9(32)27-14-16(35)18(12(7-30)40-22(14)38)43-23-17(36)19(15(34)11(6-29)41-23)44-24-20(28-10(2)33)25(39,4-3-5-26)21(37)13(8-31)42-24/h11-24,29-31,34-39H,3-8,26H2,1-2H3,(H,27,32)(H,28,33)/t11-,12-,13-,14-,15+,16-,17-,18-,19+,20+,21+,22?,23+,24-,25-/m1/s1. The van der Waals surface area contributed by atoms with Crippen LogP contribution >= 0.6 is 0 Å². The van der Waals surface area contributed by atoms with Crippen LogP contribution in [0.5, 0.6) is 0 Å². The first-order valence-electron chi connectivity index (χ1n) is 14.2. The largest absolute Gasteiger partial charge is 0.394 e. The van der Waals surface area contributed by atoms with E-state index >= 15 is 0 Å². The second-order valence-electron chi connectivity index (χ2n) is 11.1. The second kappa shape index (κ2) is 15.8. The lowest BCUT2D eigenvalue weighted by Gasteiger charge is -2.52. The molecule has 256 valence electrons. The number of nitrogens with one attached hydrogen (secondary N) is 2. The maximum Gasteiger partial charge on any atom is 0.217 e. The summed E-state index contributed by atoms with van der Waals surface area (Å²) in [5.41, 5.74) is 3.43. The highest BCUT2D eigenvalue weighted by atomic mass is 16.7. The molecule has 3 rings (SSSR count). The van der Waals surface area contributed by atoms with Gasteiger partial charge < -0.3 is 86.0 Å². The minimum absolute atomic E-state index is 0.0952. The second-order valence-corrected chi connectivity index (χ2v) is 11.1. The molecule has 3 saturated heterocycles. The molecule has 2 amide bonds. The number of aliphatic hydroxyl groups excluding tert-OH is 8. The van der Waals surface area contributed by atoms with Gasteiger partial charge in [-0.3, -0.25) is 9.59 Å². The predicted molar refractivity (Wildman–Crippen MR) is 142 cm³/mol. The van der Waals surface area contributed by atoms with E-state index < -0.39 is 123 Å². The van der Waals surface area contributed by atoms with Crippen molar-refractivity contribution in [1.82, 2.24) is 10.6 Å². The molecule has 3 aliphatic rings. The molecule has 3 heterocycles. The molecule has 0 radical (unpaired) electrons. The summed E-state index contributed by atoms with van der Waals surface area (Å²) in [6, 6.07) is -2.94. The normalized spacial score (nSPS) is 44.6. The fraction of sp³-hybridized carbons (Fsp3) is 0.920. The molecule has 0 aromatic rings. The Kier molecular flexibility index (Phi) is 13.2. The summed E-state index contributed by atoms with van der Waals surface area (Å²) >= 11 is 0. The lowest BCUT2D eigenvalue weighted by molar-refractivity contribution is -0.373. The fourth-order valence-corrected chi connectivity index (χ4v) is 5.70. The van der Waals surface area contributed by atoms with E-state index in [0.29, 0.717) is 0 Å². The van der Waals surface area contributed by atoms with Gasteiger partial charge in [0.2, 0.25) is 11.8 Å². The highest BCUT2D eigenvalue weighted by Crippen LogP contribution is 2.37. The van der Waals surface area contributed by atoms with Crippen molar-refractivity contribution in [2.24, 2.45) is 5.73 Å². The van der Waals surface area contributed by atoms with Crippen LogP contribution in [0.2, 0.25) is 0 Å². The van der Waals surface area contributed by atoms with Crippen molar-refractivity contribution in [3.63, 3.8) is 0 Å². The Balaban J connectivity index is 1.92. The van der Waals surface area contributed by atoms with Crippen LogP contribution in [0.25, 0.3) is 0 Å². The molecule has 0 aromatic carbocycles. The van der Waals surface area contributed by atoms with E-state index in [1.807, 2.05) is 0 Å². The zero-order chi connectivity index (χ0) is 32.9. The SMILES string of the molecule is CC(=O)N[C@H]1C(O)O[C@H](CO)[C@@H](O[C@@H]2O[C@H](CO)[C@H](O)[C@H](O[C@H]3O[C@H](CO)[C@H](O)[C@@](O)(CCCN)[C@H]3NC(C)=O)[C@H]2O)[C@@H]1O. The van der Waals surface area contributed by atoms with Crippen molar-refractivity contribution in [2.75, 3.05) is 26.4 Å². The smallest absolute Gasteiger partial charge is 0.217 e. The van der Waals surface area contributed by atoms with E-state index in [1.54, 1.807) is 0 Å². The quantitative estimate of drug-likeness (QED) is 0.0939. The Morgan fingerprint density at radius 1 is 0.773 bits per heavy atom. The zero-order valence-electron chi connectivity index (χ0n) is 24.3. The molecule has 0 spiro atoms. The van der Waals surface area contributed by atoms with Gasteiger partial charge in [0.25, 0.3) is 0 Å². The minimum Gasteiger partial charge on any atom is -0.394 e. The third-order valence-electron chi connectivity index (χ3n) is 7.95. The third kappa shape index (κ3) is 7.82. The van der Waals surface area contributed by atoms with Crippen LogP contribution in [0, 0.1) is 0 Å². The Labute approximate surface area is 252 Å². The van der Waals surface area contributed by atoms with Crippen molar-refractivity contribution < 1.29 is 79.2 Å². The lowest BCUT2D eigenvalue weighted by Crippen LogP contribution is -2.73. The van der Waals surface area contributed by atoms with Crippen molar-refractivity contribution in [1.29, 1.82) is 0 Å². The summed E-state index contributed by atoms with van der Waals surface area (Å²) in [6.07, 6.45) is -20.1. The highest BCUT2D eigenvalue weighted by molar-refractivity contribution is 5.73. The topological polar surface area (TPSA) is 312 Å². The maximum atomic E-state index is 12.1. The number of amides is 2. The summed E-state index contributed by atoms with van der Waals surface area (Å²) in [7, 11) is 0. The van der Waals surface area contributed by atoms with Crippen molar-refractivity contribution in [2.45, 2.75) is 118 Å². The first-order valence-corrected chi connectivity index (χ1v) is 14.2. The number of carbonyl (C=O) groups excluding carboxylic acids is 2. The van der Waals surface area contributed by atoms with E-state index in [1.165, 1.54) is 0 Å². The molecule has 0 bridgehead atoms. The first-order chi connectivity index (χ1) is 20.7. The number of hydrogen-bond donors (Lipinski definition) is 12. The maximum absolute atomic E-state index is 12.1. The summed E-state index contributed by atoms with van der Waals surface area (Å²) in [6.45, 7) is -0.0946. The number of aliphatic hydroxyl groups is 9. The van der Waals surface area contributed by atoms with Crippen LogP contribution < -0.4 is 16.4 Å². The van der Waals surface area contributed by atoms with Gasteiger partial charge in [-0.05, 0) is 19.4 Å². The van der Waals surface area contributed by atoms with Crippen LogP contribution in [0.15, 0.2) is 0 Å². The van der Waals surface area contributed by atoms with Crippen LogP contribution in [0.1, 0.15) is 26.7 Å². The third-order valence-corrected chi connectivity index (χ3v) is 7.95. The Bertz CT molecular complexity index is 951. The molecule has 0 aromatic heterocycles. The number of hydrogen-bond acceptors (Lipinski definition) is 17. The van der Waals surface area contributed by atoms with E-state index in [0.717, 1.165) is 13.8 Å². The average Bonchev–Trinajstić information content (AvgIpc) is 2.97. The molecular formula is C25H45N3O16. The van der Waals surface area contributed by atoms with E-state index in [2.05, 4.69) is 10.6 Å². The Morgan fingerprint density at radius 2 is 1.34 bits per heavy atom. The van der Waals surface area contributed by atoms with Gasteiger partial charge in [0, 0.05) is 13.8 Å². The molecule has 15 atom stereocenters. The van der Waals surface area contributed by atoms with E-state index in [4.69, 9.17) is 29.4 Å². The molecule has 0 aliphatic carbocycles.